The zero-order valence-electron chi connectivity index (χ0n) is 10.1. The van der Waals surface area contributed by atoms with Crippen LogP contribution in [0.5, 0.6) is 0 Å². The fourth-order valence-electron chi connectivity index (χ4n) is 2.65. The van der Waals surface area contributed by atoms with Crippen LogP contribution in [0, 0.1) is 0 Å². The third-order valence-corrected chi connectivity index (χ3v) is 4.28. The van der Waals surface area contributed by atoms with Crippen LogP contribution in [-0.4, -0.2) is 9.78 Å². The molecule has 0 atom stereocenters. The quantitative estimate of drug-likeness (QED) is 0.911. The predicted molar refractivity (Wildman–Crippen MR) is 77.3 cm³/mol. The number of nitrogens with two attached hydrogens (primary N) is 1. The van der Waals surface area contributed by atoms with Gasteiger partial charge in [0.2, 0.25) is 0 Å². The third kappa shape index (κ3) is 2.05. The second kappa shape index (κ2) is 4.76. The highest BCUT2D eigenvalue weighted by Gasteiger charge is 2.20. The van der Waals surface area contributed by atoms with Gasteiger partial charge in [0.25, 0.3) is 0 Å². The fraction of sp³-hybridized carbons (Fsp3) is 0.357. The van der Waals surface area contributed by atoms with Crippen LogP contribution >= 0.6 is 15.9 Å². The molecule has 18 heavy (non-hydrogen) atoms. The van der Waals surface area contributed by atoms with Crippen molar-refractivity contribution in [3.63, 3.8) is 0 Å². The second-order valence-electron chi connectivity index (χ2n) is 4.82. The van der Waals surface area contributed by atoms with Crippen LogP contribution in [-0.2, 0) is 0 Å². The van der Waals surface area contributed by atoms with Crippen molar-refractivity contribution >= 4 is 21.7 Å². The van der Waals surface area contributed by atoms with E-state index in [1.54, 1.807) is 0 Å². The van der Waals surface area contributed by atoms with Crippen LogP contribution in [0.2, 0.25) is 0 Å². The monoisotopic (exact) mass is 305 g/mol. The van der Waals surface area contributed by atoms with Crippen molar-refractivity contribution in [1.29, 1.82) is 0 Å². The topological polar surface area (TPSA) is 43.8 Å². The van der Waals surface area contributed by atoms with Gasteiger partial charge >= 0.3 is 0 Å². The molecule has 4 heteroatoms. The third-order valence-electron chi connectivity index (χ3n) is 3.58. The molecule has 0 spiro atoms. The van der Waals surface area contributed by atoms with Crippen LogP contribution in [0.1, 0.15) is 31.7 Å². The van der Waals surface area contributed by atoms with Gasteiger partial charge in [0.1, 0.15) is 5.82 Å². The molecule has 1 saturated carbocycles. The molecule has 1 aliphatic rings. The van der Waals surface area contributed by atoms with Crippen LogP contribution in [0.25, 0.3) is 11.3 Å². The fourth-order valence-corrected chi connectivity index (χ4v) is 3.14. The molecule has 0 saturated heterocycles. The molecule has 3 nitrogen and oxygen atoms in total. The van der Waals surface area contributed by atoms with Crippen molar-refractivity contribution in [2.45, 2.75) is 31.7 Å². The lowest BCUT2D eigenvalue weighted by atomic mass is 10.1. The molecule has 0 bridgehead atoms. The van der Waals surface area contributed by atoms with Crippen LogP contribution in [0.15, 0.2) is 34.8 Å². The zero-order valence-corrected chi connectivity index (χ0v) is 11.7. The van der Waals surface area contributed by atoms with Crippen molar-refractivity contribution in [3.8, 4) is 11.3 Å². The average molecular weight is 306 g/mol. The average Bonchev–Trinajstić information content (AvgIpc) is 2.98. The molecule has 0 unspecified atom stereocenters. The first-order valence-electron chi connectivity index (χ1n) is 6.35. The van der Waals surface area contributed by atoms with Crippen LogP contribution in [0.3, 0.4) is 0 Å². The van der Waals surface area contributed by atoms with Gasteiger partial charge in [-0.15, -0.1) is 0 Å². The van der Waals surface area contributed by atoms with Gasteiger partial charge in [0, 0.05) is 16.1 Å². The zero-order chi connectivity index (χ0) is 12.5. The minimum absolute atomic E-state index is 0.487. The molecule has 3 rings (SSSR count). The van der Waals surface area contributed by atoms with Gasteiger partial charge in [0.05, 0.1) is 11.7 Å². The molecule has 94 valence electrons. The number of hydrogen-bond donors (Lipinski definition) is 1. The Morgan fingerprint density at radius 1 is 1.22 bits per heavy atom. The highest BCUT2D eigenvalue weighted by molar-refractivity contribution is 9.10. The number of nitrogens with zero attached hydrogens (tertiary/aromatic N) is 2. The van der Waals surface area contributed by atoms with E-state index in [1.807, 2.05) is 28.9 Å². The standard InChI is InChI=1S/C14H16BrN3/c15-12-8-4-3-7-11(12)13-9-14(16)18(17-13)10-5-1-2-6-10/h3-4,7-10H,1-2,5-6,16H2. The molecule has 0 amide bonds. The highest BCUT2D eigenvalue weighted by atomic mass is 79.9. The molecule has 1 aromatic heterocycles. The number of halogens is 1. The number of hydrogen-bond acceptors (Lipinski definition) is 2. The Bertz CT molecular complexity index is 556. The Kier molecular flexibility index (Phi) is 3.12. The van der Waals surface area contributed by atoms with Crippen molar-refractivity contribution < 1.29 is 0 Å². The molecule has 1 aliphatic carbocycles. The van der Waals surface area contributed by atoms with Gasteiger partial charge in [-0.3, -0.25) is 0 Å². The van der Waals surface area contributed by atoms with E-state index in [1.165, 1.54) is 25.7 Å². The van der Waals surface area contributed by atoms with Gasteiger partial charge in [-0.2, -0.15) is 5.10 Å². The minimum atomic E-state index is 0.487. The summed E-state index contributed by atoms with van der Waals surface area (Å²) in [6.45, 7) is 0. The van der Waals surface area contributed by atoms with Crippen LogP contribution in [0.4, 0.5) is 5.82 Å². The summed E-state index contributed by atoms with van der Waals surface area (Å²) in [5, 5.41) is 4.68. The van der Waals surface area contributed by atoms with Crippen molar-refractivity contribution in [2.75, 3.05) is 5.73 Å². The molecule has 0 aliphatic heterocycles. The molecule has 1 aromatic carbocycles. The number of nitrogen functional groups attached to an aromatic ring is 1. The van der Waals surface area contributed by atoms with Gasteiger partial charge in [0.15, 0.2) is 0 Å². The number of benzene rings is 1. The van der Waals surface area contributed by atoms with E-state index in [0.29, 0.717) is 6.04 Å². The number of rotatable bonds is 2. The summed E-state index contributed by atoms with van der Waals surface area (Å²) in [4.78, 5) is 0. The first-order valence-corrected chi connectivity index (χ1v) is 7.15. The summed E-state index contributed by atoms with van der Waals surface area (Å²) >= 11 is 3.56. The Hall–Kier alpha value is -1.29. The summed E-state index contributed by atoms with van der Waals surface area (Å²) < 4.78 is 3.06. The molecule has 2 N–H and O–H groups in total. The van der Waals surface area contributed by atoms with Crippen molar-refractivity contribution in [3.05, 3.63) is 34.8 Å². The number of aromatic nitrogens is 2. The van der Waals surface area contributed by atoms with E-state index in [0.717, 1.165) is 21.5 Å². The summed E-state index contributed by atoms with van der Waals surface area (Å²) in [6.07, 6.45) is 4.96. The Morgan fingerprint density at radius 2 is 1.94 bits per heavy atom. The van der Waals surface area contributed by atoms with Gasteiger partial charge < -0.3 is 5.73 Å². The first-order chi connectivity index (χ1) is 8.75. The highest BCUT2D eigenvalue weighted by Crippen LogP contribution is 2.34. The first kappa shape index (κ1) is 11.8. The van der Waals surface area contributed by atoms with Gasteiger partial charge in [-0.05, 0) is 18.9 Å². The summed E-state index contributed by atoms with van der Waals surface area (Å²) in [5.41, 5.74) is 8.14. The number of anilines is 1. The Labute approximate surface area is 115 Å². The lowest BCUT2D eigenvalue weighted by Crippen LogP contribution is -2.09. The van der Waals surface area contributed by atoms with E-state index in [-0.39, 0.29) is 0 Å². The van der Waals surface area contributed by atoms with Gasteiger partial charge in [-0.1, -0.05) is 47.0 Å². The Morgan fingerprint density at radius 3 is 2.67 bits per heavy atom. The normalized spacial score (nSPS) is 16.3. The predicted octanol–water partition coefficient (Wildman–Crippen LogP) is 4.01. The maximum absolute atomic E-state index is 6.09. The van der Waals surface area contributed by atoms with Crippen molar-refractivity contribution in [1.82, 2.24) is 9.78 Å². The lowest BCUT2D eigenvalue weighted by Gasteiger charge is -2.11. The molecule has 1 fully saturated rings. The maximum Gasteiger partial charge on any atom is 0.122 e. The molecule has 2 aromatic rings. The van der Waals surface area contributed by atoms with E-state index < -0.39 is 0 Å². The van der Waals surface area contributed by atoms with E-state index in [4.69, 9.17) is 5.73 Å². The molecule has 0 radical (unpaired) electrons. The largest absolute Gasteiger partial charge is 0.384 e. The summed E-state index contributed by atoms with van der Waals surface area (Å²) in [5.74, 6) is 0.771. The van der Waals surface area contributed by atoms with E-state index in [2.05, 4.69) is 27.1 Å². The smallest absolute Gasteiger partial charge is 0.122 e. The van der Waals surface area contributed by atoms with Crippen LogP contribution < -0.4 is 5.73 Å². The molecule has 1 heterocycles. The summed E-state index contributed by atoms with van der Waals surface area (Å²) in [7, 11) is 0. The van der Waals surface area contributed by atoms with Gasteiger partial charge in [-0.25, -0.2) is 4.68 Å². The van der Waals surface area contributed by atoms with E-state index >= 15 is 0 Å². The summed E-state index contributed by atoms with van der Waals surface area (Å²) in [6, 6.07) is 10.6. The second-order valence-corrected chi connectivity index (χ2v) is 5.67. The Balaban J connectivity index is 1.99. The van der Waals surface area contributed by atoms with Crippen molar-refractivity contribution in [2.24, 2.45) is 0 Å². The molecular formula is C14H16BrN3. The molecular weight excluding hydrogens is 290 g/mol. The lowest BCUT2D eigenvalue weighted by molar-refractivity contribution is 0.475. The van der Waals surface area contributed by atoms with E-state index in [9.17, 15) is 0 Å². The SMILES string of the molecule is Nc1cc(-c2ccccc2Br)nn1C1CCCC1. The minimum Gasteiger partial charge on any atom is -0.384 e. The maximum atomic E-state index is 6.09.